The van der Waals surface area contributed by atoms with Gasteiger partial charge in [0.25, 0.3) is 0 Å². The van der Waals surface area contributed by atoms with Gasteiger partial charge in [0.1, 0.15) is 0 Å². The van der Waals surface area contributed by atoms with Gasteiger partial charge in [-0.1, -0.05) is 30.3 Å². The fourth-order valence-corrected chi connectivity index (χ4v) is 2.04. The molecule has 0 radical (unpaired) electrons. The van der Waals surface area contributed by atoms with Crippen molar-refractivity contribution in [2.24, 2.45) is 11.7 Å². The van der Waals surface area contributed by atoms with E-state index in [0.29, 0.717) is 6.54 Å². The molecule has 21 heavy (non-hydrogen) atoms. The van der Waals surface area contributed by atoms with E-state index in [1.54, 1.807) is 0 Å². The molecule has 2 rings (SSSR count). The van der Waals surface area contributed by atoms with E-state index in [0.717, 1.165) is 18.0 Å². The molecule has 1 saturated carbocycles. The van der Waals surface area contributed by atoms with E-state index in [1.807, 2.05) is 30.3 Å². The molecule has 0 spiro atoms. The third-order valence-corrected chi connectivity index (χ3v) is 3.32. The van der Waals surface area contributed by atoms with Crippen molar-refractivity contribution in [1.29, 1.82) is 0 Å². The predicted octanol–water partition coefficient (Wildman–Crippen LogP) is 0.922. The molecule has 0 aromatic heterocycles. The van der Waals surface area contributed by atoms with E-state index >= 15 is 0 Å². The Kier molecular flexibility index (Phi) is 7.19. The van der Waals surface area contributed by atoms with Crippen LogP contribution in [-0.4, -0.2) is 36.3 Å². The van der Waals surface area contributed by atoms with E-state index in [4.69, 9.17) is 5.73 Å². The number of benzene rings is 1. The summed E-state index contributed by atoms with van der Waals surface area (Å²) in [5.74, 6) is 0.145. The molecule has 5 nitrogen and oxygen atoms in total. The second kappa shape index (κ2) is 8.64. The van der Waals surface area contributed by atoms with Gasteiger partial charge in [-0.25, -0.2) is 0 Å². The minimum absolute atomic E-state index is 0. The number of nitrogens with zero attached hydrogens (tertiary/aromatic N) is 1. The number of amides is 2. The molecule has 0 heterocycles. The first-order chi connectivity index (χ1) is 9.65. The molecule has 6 heteroatoms. The number of rotatable bonds is 8. The van der Waals surface area contributed by atoms with Crippen molar-refractivity contribution in [3.05, 3.63) is 35.9 Å². The standard InChI is InChI=1S/C15H21N3O2.ClH/c16-14(19)11-18(10-13-4-2-1-3-5-13)15(20)9-17-8-12-6-7-12;/h1-5,12,17H,6-11H2,(H2,16,19);1H. The zero-order valence-corrected chi connectivity index (χ0v) is 12.8. The zero-order valence-electron chi connectivity index (χ0n) is 12.0. The van der Waals surface area contributed by atoms with Crippen LogP contribution in [0.15, 0.2) is 30.3 Å². The Labute approximate surface area is 131 Å². The largest absolute Gasteiger partial charge is 0.368 e. The summed E-state index contributed by atoms with van der Waals surface area (Å²) in [5, 5.41) is 3.14. The number of halogens is 1. The minimum Gasteiger partial charge on any atom is -0.368 e. The molecule has 1 fully saturated rings. The molecule has 0 unspecified atom stereocenters. The lowest BCUT2D eigenvalue weighted by atomic mass is 10.2. The summed E-state index contributed by atoms with van der Waals surface area (Å²) < 4.78 is 0. The Morgan fingerprint density at radius 3 is 2.48 bits per heavy atom. The van der Waals surface area contributed by atoms with Crippen molar-refractivity contribution in [1.82, 2.24) is 10.2 Å². The van der Waals surface area contributed by atoms with Gasteiger partial charge in [0.15, 0.2) is 0 Å². The van der Waals surface area contributed by atoms with Crippen LogP contribution < -0.4 is 11.1 Å². The maximum absolute atomic E-state index is 12.1. The van der Waals surface area contributed by atoms with Gasteiger partial charge in [-0.3, -0.25) is 9.59 Å². The van der Waals surface area contributed by atoms with Crippen LogP contribution in [0.25, 0.3) is 0 Å². The van der Waals surface area contributed by atoms with E-state index in [1.165, 1.54) is 17.7 Å². The molecule has 116 valence electrons. The van der Waals surface area contributed by atoms with Crippen LogP contribution in [0.2, 0.25) is 0 Å². The van der Waals surface area contributed by atoms with Crippen molar-refractivity contribution >= 4 is 24.2 Å². The molecule has 2 amide bonds. The minimum atomic E-state index is -0.489. The number of carbonyl (C=O) groups is 2. The molecular weight excluding hydrogens is 290 g/mol. The Morgan fingerprint density at radius 1 is 1.24 bits per heavy atom. The van der Waals surface area contributed by atoms with Gasteiger partial charge in [0.2, 0.25) is 11.8 Å². The fourth-order valence-electron chi connectivity index (χ4n) is 2.04. The van der Waals surface area contributed by atoms with Crippen LogP contribution in [0.5, 0.6) is 0 Å². The van der Waals surface area contributed by atoms with Crippen LogP contribution >= 0.6 is 12.4 Å². The van der Waals surface area contributed by atoms with Crippen LogP contribution in [-0.2, 0) is 16.1 Å². The highest BCUT2D eigenvalue weighted by Crippen LogP contribution is 2.27. The summed E-state index contributed by atoms with van der Waals surface area (Å²) in [5.41, 5.74) is 6.21. The Bertz CT molecular complexity index is 463. The number of carbonyl (C=O) groups excluding carboxylic acids is 2. The first kappa shape index (κ1) is 17.5. The fraction of sp³-hybridized carbons (Fsp3) is 0.467. The molecule has 1 aliphatic rings. The normalized spacial score (nSPS) is 13.3. The summed E-state index contributed by atoms with van der Waals surface area (Å²) in [7, 11) is 0. The average molecular weight is 312 g/mol. The van der Waals surface area contributed by atoms with Crippen molar-refractivity contribution in [2.75, 3.05) is 19.6 Å². The molecular formula is C15H22ClN3O2. The Hall–Kier alpha value is -1.59. The first-order valence-corrected chi connectivity index (χ1v) is 6.96. The van der Waals surface area contributed by atoms with Crippen LogP contribution in [0.1, 0.15) is 18.4 Å². The number of nitrogens with one attached hydrogen (secondary N) is 1. The van der Waals surface area contributed by atoms with E-state index in [-0.39, 0.29) is 31.4 Å². The third-order valence-electron chi connectivity index (χ3n) is 3.32. The molecule has 0 atom stereocenters. The maximum Gasteiger partial charge on any atom is 0.237 e. The molecule has 1 aromatic rings. The van der Waals surface area contributed by atoms with Crippen molar-refractivity contribution in [3.63, 3.8) is 0 Å². The van der Waals surface area contributed by atoms with E-state index < -0.39 is 5.91 Å². The van der Waals surface area contributed by atoms with Gasteiger partial charge in [-0.05, 0) is 30.9 Å². The number of hydrogen-bond donors (Lipinski definition) is 2. The molecule has 3 N–H and O–H groups in total. The number of nitrogens with two attached hydrogens (primary N) is 1. The Morgan fingerprint density at radius 2 is 1.90 bits per heavy atom. The first-order valence-electron chi connectivity index (χ1n) is 6.96. The molecule has 0 bridgehead atoms. The predicted molar refractivity (Wildman–Crippen MR) is 83.9 cm³/mol. The lowest BCUT2D eigenvalue weighted by Crippen LogP contribution is -2.42. The highest BCUT2D eigenvalue weighted by atomic mass is 35.5. The molecule has 0 saturated heterocycles. The highest BCUT2D eigenvalue weighted by molar-refractivity contribution is 5.85. The summed E-state index contributed by atoms with van der Waals surface area (Å²) >= 11 is 0. The van der Waals surface area contributed by atoms with Crippen molar-refractivity contribution < 1.29 is 9.59 Å². The second-order valence-electron chi connectivity index (χ2n) is 5.28. The quantitative estimate of drug-likeness (QED) is 0.749. The van der Waals surface area contributed by atoms with Crippen LogP contribution in [0.4, 0.5) is 0 Å². The second-order valence-corrected chi connectivity index (χ2v) is 5.28. The smallest absolute Gasteiger partial charge is 0.237 e. The van der Waals surface area contributed by atoms with Gasteiger partial charge in [-0.2, -0.15) is 0 Å². The third kappa shape index (κ3) is 6.60. The van der Waals surface area contributed by atoms with Gasteiger partial charge >= 0.3 is 0 Å². The summed E-state index contributed by atoms with van der Waals surface area (Å²) in [6.45, 7) is 1.50. The van der Waals surface area contributed by atoms with Crippen molar-refractivity contribution in [3.8, 4) is 0 Å². The van der Waals surface area contributed by atoms with Crippen molar-refractivity contribution in [2.45, 2.75) is 19.4 Å². The molecule has 0 aliphatic heterocycles. The summed E-state index contributed by atoms with van der Waals surface area (Å²) in [6, 6.07) is 9.60. The van der Waals surface area contributed by atoms with E-state index in [9.17, 15) is 9.59 Å². The van der Waals surface area contributed by atoms with E-state index in [2.05, 4.69) is 5.32 Å². The van der Waals surface area contributed by atoms with Gasteiger partial charge in [0, 0.05) is 6.54 Å². The number of primary amides is 1. The maximum atomic E-state index is 12.1. The topological polar surface area (TPSA) is 75.4 Å². The molecule has 1 aliphatic carbocycles. The Balaban J connectivity index is 0.00000220. The monoisotopic (exact) mass is 311 g/mol. The lowest BCUT2D eigenvalue weighted by Gasteiger charge is -2.21. The zero-order chi connectivity index (χ0) is 14.4. The van der Waals surface area contributed by atoms with Crippen LogP contribution in [0.3, 0.4) is 0 Å². The SMILES string of the molecule is Cl.NC(=O)CN(Cc1ccccc1)C(=O)CNCC1CC1. The highest BCUT2D eigenvalue weighted by Gasteiger charge is 2.22. The van der Waals surface area contributed by atoms with Gasteiger partial charge < -0.3 is 16.0 Å². The molecule has 1 aromatic carbocycles. The summed E-state index contributed by atoms with van der Waals surface area (Å²) in [4.78, 5) is 24.7. The van der Waals surface area contributed by atoms with Gasteiger partial charge in [-0.15, -0.1) is 12.4 Å². The van der Waals surface area contributed by atoms with Crippen LogP contribution in [0, 0.1) is 5.92 Å². The summed E-state index contributed by atoms with van der Waals surface area (Å²) in [6.07, 6.45) is 2.49. The average Bonchev–Trinajstić information content (AvgIpc) is 3.23. The lowest BCUT2D eigenvalue weighted by molar-refractivity contribution is -0.135. The van der Waals surface area contributed by atoms with Gasteiger partial charge in [0.05, 0.1) is 13.1 Å². The number of hydrogen-bond acceptors (Lipinski definition) is 3.